The first-order valence-corrected chi connectivity index (χ1v) is 9.84. The van der Waals surface area contributed by atoms with E-state index in [1.807, 2.05) is 55.7 Å². The van der Waals surface area contributed by atoms with Crippen molar-refractivity contribution < 1.29 is 23.6 Å². The van der Waals surface area contributed by atoms with Crippen molar-refractivity contribution in [1.29, 1.82) is 0 Å². The molecule has 0 atom stereocenters. The molecule has 0 amide bonds. The Morgan fingerprint density at radius 1 is 1.10 bits per heavy atom. The van der Waals surface area contributed by atoms with Crippen LogP contribution >= 0.6 is 0 Å². The molecule has 0 bridgehead atoms. The Morgan fingerprint density at radius 3 is 2.40 bits per heavy atom. The summed E-state index contributed by atoms with van der Waals surface area (Å²) in [7, 11) is 0. The molecule has 7 heteroatoms. The van der Waals surface area contributed by atoms with Gasteiger partial charge < -0.3 is 18.6 Å². The molecule has 0 spiro atoms. The second-order valence-electron chi connectivity index (χ2n) is 7.11. The normalized spacial score (nSPS) is 10.8. The van der Waals surface area contributed by atoms with Gasteiger partial charge in [0, 0.05) is 28.2 Å². The van der Waals surface area contributed by atoms with Gasteiger partial charge in [0.25, 0.3) is 0 Å². The summed E-state index contributed by atoms with van der Waals surface area (Å²) in [6.07, 6.45) is 0.0274. The zero-order valence-corrected chi connectivity index (χ0v) is 17.9. The maximum absolute atomic E-state index is 12.7. The third-order valence-corrected chi connectivity index (χ3v) is 5.00. The molecule has 2 heterocycles. The van der Waals surface area contributed by atoms with E-state index < -0.39 is 5.97 Å². The average Bonchev–Trinajstić information content (AvgIpc) is 3.20. The Labute approximate surface area is 175 Å². The molecule has 0 unspecified atom stereocenters. The van der Waals surface area contributed by atoms with E-state index in [1.54, 1.807) is 13.8 Å². The molecule has 3 aromatic rings. The van der Waals surface area contributed by atoms with E-state index in [9.17, 15) is 9.59 Å². The number of aromatic nitrogens is 2. The van der Waals surface area contributed by atoms with Crippen molar-refractivity contribution in [3.63, 3.8) is 0 Å². The number of Topliss-reactive ketones (excluding diaryl/α,β-unsaturated/α-hetero) is 1. The molecule has 30 heavy (non-hydrogen) atoms. The molecular weight excluding hydrogens is 384 g/mol. The largest absolute Gasteiger partial charge is 0.494 e. The first-order valence-electron chi connectivity index (χ1n) is 9.84. The molecule has 0 aliphatic carbocycles. The third kappa shape index (κ3) is 4.45. The summed E-state index contributed by atoms with van der Waals surface area (Å²) in [6, 6.07) is 9.51. The topological polar surface area (TPSA) is 83.6 Å². The summed E-state index contributed by atoms with van der Waals surface area (Å²) in [4.78, 5) is 24.9. The summed E-state index contributed by atoms with van der Waals surface area (Å²) < 4.78 is 17.7. The number of carbonyl (C=O) groups excluding carboxylic acids is 2. The number of ketones is 1. The van der Waals surface area contributed by atoms with Crippen molar-refractivity contribution in [3.05, 3.63) is 64.3 Å². The highest BCUT2D eigenvalue weighted by Crippen LogP contribution is 2.23. The zero-order chi connectivity index (χ0) is 21.8. The first kappa shape index (κ1) is 21.4. The van der Waals surface area contributed by atoms with E-state index >= 15 is 0 Å². The second kappa shape index (κ2) is 8.98. The molecule has 3 rings (SSSR count). The van der Waals surface area contributed by atoms with Crippen LogP contribution in [0.5, 0.6) is 5.75 Å². The molecule has 158 valence electrons. The Bertz CT molecular complexity index is 1040. The minimum absolute atomic E-state index is 0.0274. The number of hydrogen-bond acceptors (Lipinski definition) is 6. The summed E-state index contributed by atoms with van der Waals surface area (Å²) in [6.45, 7) is 9.55. The molecule has 0 saturated heterocycles. The standard InChI is InChI=1S/C23H26N2O5/c1-6-28-19-9-7-18(8-10-19)25-14(2)11-21(16(25)4)22(26)13-29-23(27)12-20-15(3)24-30-17(20)5/h7-11H,6,12-13H2,1-5H3. The predicted molar refractivity (Wildman–Crippen MR) is 111 cm³/mol. The van der Waals surface area contributed by atoms with E-state index in [1.165, 1.54) is 0 Å². The second-order valence-corrected chi connectivity index (χ2v) is 7.11. The van der Waals surface area contributed by atoms with Gasteiger partial charge in [-0.25, -0.2) is 0 Å². The van der Waals surface area contributed by atoms with E-state index in [0.29, 0.717) is 29.2 Å². The van der Waals surface area contributed by atoms with Crippen molar-refractivity contribution in [3.8, 4) is 11.4 Å². The maximum atomic E-state index is 12.7. The molecule has 7 nitrogen and oxygen atoms in total. The van der Waals surface area contributed by atoms with Crippen LogP contribution in [0.25, 0.3) is 5.69 Å². The van der Waals surface area contributed by atoms with E-state index in [4.69, 9.17) is 14.0 Å². The third-order valence-electron chi connectivity index (χ3n) is 5.00. The van der Waals surface area contributed by atoms with Gasteiger partial charge in [0.2, 0.25) is 5.78 Å². The SMILES string of the molecule is CCOc1ccc(-n2c(C)cc(C(=O)COC(=O)Cc3c(C)noc3C)c2C)cc1. The van der Waals surface area contributed by atoms with Crippen molar-refractivity contribution in [2.24, 2.45) is 0 Å². The highest BCUT2D eigenvalue weighted by Gasteiger charge is 2.20. The van der Waals surface area contributed by atoms with Gasteiger partial charge in [-0.2, -0.15) is 0 Å². The number of esters is 1. The molecular formula is C23H26N2O5. The highest BCUT2D eigenvalue weighted by molar-refractivity contribution is 5.99. The number of carbonyl (C=O) groups is 2. The molecule has 0 aliphatic rings. The fourth-order valence-electron chi connectivity index (χ4n) is 3.47. The zero-order valence-electron chi connectivity index (χ0n) is 17.9. The lowest BCUT2D eigenvalue weighted by atomic mass is 10.1. The Hall–Kier alpha value is -3.35. The number of ether oxygens (including phenoxy) is 2. The Balaban J connectivity index is 1.69. The maximum Gasteiger partial charge on any atom is 0.310 e. The first-order chi connectivity index (χ1) is 14.3. The molecule has 0 fully saturated rings. The van der Waals surface area contributed by atoms with Crippen LogP contribution in [-0.4, -0.2) is 34.7 Å². The van der Waals surface area contributed by atoms with Gasteiger partial charge in [-0.1, -0.05) is 5.16 Å². The van der Waals surface area contributed by atoms with Crippen LogP contribution in [0.4, 0.5) is 0 Å². The fraction of sp³-hybridized carbons (Fsp3) is 0.348. The lowest BCUT2D eigenvalue weighted by Crippen LogP contribution is -2.16. The van der Waals surface area contributed by atoms with Crippen molar-refractivity contribution >= 4 is 11.8 Å². The van der Waals surface area contributed by atoms with Crippen LogP contribution in [-0.2, 0) is 16.0 Å². The van der Waals surface area contributed by atoms with Gasteiger partial charge in [-0.3, -0.25) is 9.59 Å². The van der Waals surface area contributed by atoms with Crippen LogP contribution in [0.1, 0.15) is 45.7 Å². The van der Waals surface area contributed by atoms with Crippen LogP contribution in [0, 0.1) is 27.7 Å². The number of nitrogens with zero attached hydrogens (tertiary/aromatic N) is 2. The van der Waals surface area contributed by atoms with Gasteiger partial charge in [0.15, 0.2) is 6.61 Å². The molecule has 2 aromatic heterocycles. The molecule has 1 aromatic carbocycles. The van der Waals surface area contributed by atoms with Gasteiger partial charge in [0.1, 0.15) is 11.5 Å². The number of benzene rings is 1. The van der Waals surface area contributed by atoms with Crippen LogP contribution in [0.15, 0.2) is 34.9 Å². The predicted octanol–water partition coefficient (Wildman–Crippen LogP) is 4.07. The van der Waals surface area contributed by atoms with Crippen LogP contribution < -0.4 is 4.74 Å². The van der Waals surface area contributed by atoms with Crippen LogP contribution in [0.3, 0.4) is 0 Å². The van der Waals surface area contributed by atoms with Crippen molar-refractivity contribution in [2.45, 2.75) is 41.0 Å². The van der Waals surface area contributed by atoms with Gasteiger partial charge >= 0.3 is 5.97 Å². The molecule has 0 saturated carbocycles. The molecule has 0 N–H and O–H groups in total. The lowest BCUT2D eigenvalue weighted by Gasteiger charge is -2.11. The Morgan fingerprint density at radius 2 is 1.80 bits per heavy atom. The minimum atomic E-state index is -0.488. The quantitative estimate of drug-likeness (QED) is 0.411. The monoisotopic (exact) mass is 410 g/mol. The summed E-state index contributed by atoms with van der Waals surface area (Å²) in [5, 5.41) is 3.82. The number of hydrogen-bond donors (Lipinski definition) is 0. The van der Waals surface area contributed by atoms with Crippen molar-refractivity contribution in [1.82, 2.24) is 9.72 Å². The number of aryl methyl sites for hydroxylation is 3. The fourth-order valence-corrected chi connectivity index (χ4v) is 3.47. The summed E-state index contributed by atoms with van der Waals surface area (Å²) >= 11 is 0. The minimum Gasteiger partial charge on any atom is -0.494 e. The van der Waals surface area contributed by atoms with Gasteiger partial charge in [-0.05, 0) is 65.0 Å². The number of rotatable bonds is 8. The summed E-state index contributed by atoms with van der Waals surface area (Å²) in [5.41, 5.74) is 4.52. The highest BCUT2D eigenvalue weighted by atomic mass is 16.5. The summed E-state index contributed by atoms with van der Waals surface area (Å²) in [5.74, 6) is 0.644. The van der Waals surface area contributed by atoms with Gasteiger partial charge in [-0.15, -0.1) is 0 Å². The molecule has 0 radical (unpaired) electrons. The van der Waals surface area contributed by atoms with Crippen molar-refractivity contribution in [2.75, 3.05) is 13.2 Å². The van der Waals surface area contributed by atoms with Crippen LogP contribution in [0.2, 0.25) is 0 Å². The average molecular weight is 410 g/mol. The smallest absolute Gasteiger partial charge is 0.310 e. The van der Waals surface area contributed by atoms with E-state index in [0.717, 1.165) is 22.8 Å². The van der Waals surface area contributed by atoms with Gasteiger partial charge in [0.05, 0.1) is 18.7 Å². The van der Waals surface area contributed by atoms with E-state index in [2.05, 4.69) is 5.16 Å². The van der Waals surface area contributed by atoms with E-state index in [-0.39, 0.29) is 18.8 Å². The lowest BCUT2D eigenvalue weighted by molar-refractivity contribution is -0.141. The molecule has 0 aliphatic heterocycles. The Kier molecular flexibility index (Phi) is 6.40.